The average molecular weight is 373 g/mol. The van der Waals surface area contributed by atoms with Gasteiger partial charge >= 0.3 is 5.25 Å². The summed E-state index contributed by atoms with van der Waals surface area (Å²) in [5, 5.41) is -3.06. The summed E-state index contributed by atoms with van der Waals surface area (Å²) in [6.07, 6.45) is -1.11. The third-order valence-electron chi connectivity index (χ3n) is 4.14. The van der Waals surface area contributed by atoms with Crippen molar-refractivity contribution in [1.29, 1.82) is 0 Å². The zero-order chi connectivity index (χ0) is 19.1. The molecule has 0 aliphatic rings. The van der Waals surface area contributed by atoms with Crippen LogP contribution >= 0.6 is 0 Å². The second-order valence-electron chi connectivity index (χ2n) is 5.72. The van der Waals surface area contributed by atoms with Crippen molar-refractivity contribution in [3.63, 3.8) is 0 Å². The first-order valence-electron chi connectivity index (χ1n) is 8.29. The molecule has 2 aromatic rings. The van der Waals surface area contributed by atoms with E-state index in [1.54, 1.807) is 41.3 Å². The number of rotatable bonds is 6. The third kappa shape index (κ3) is 6.02. The van der Waals surface area contributed by atoms with E-state index < -0.39 is 21.8 Å². The highest BCUT2D eigenvalue weighted by molar-refractivity contribution is 7.86. The lowest BCUT2D eigenvalue weighted by atomic mass is 10.0. The van der Waals surface area contributed by atoms with E-state index in [1.165, 1.54) is 25.7 Å². The minimum Gasteiger partial charge on any atom is -0.743 e. The van der Waals surface area contributed by atoms with Gasteiger partial charge in [-0.05, 0) is 37.1 Å². The summed E-state index contributed by atoms with van der Waals surface area (Å²) >= 11 is 0. The van der Waals surface area contributed by atoms with E-state index in [-0.39, 0.29) is 5.56 Å². The summed E-state index contributed by atoms with van der Waals surface area (Å²) < 4.78 is 58.0. The van der Waals surface area contributed by atoms with Crippen LogP contribution in [0, 0.1) is 0 Å². The molecule has 0 bridgehead atoms. The van der Waals surface area contributed by atoms with Gasteiger partial charge < -0.3 is 9.45 Å². The molecule has 4 nitrogen and oxygen atoms in total. The van der Waals surface area contributed by atoms with E-state index in [9.17, 15) is 21.8 Å². The Kier molecular flexibility index (Phi) is 7.92. The second-order valence-corrected chi connectivity index (χ2v) is 7.22. The van der Waals surface area contributed by atoms with Crippen molar-refractivity contribution in [2.24, 2.45) is 0 Å². The van der Waals surface area contributed by atoms with Crippen LogP contribution < -0.4 is 4.90 Å². The lowest BCUT2D eigenvalue weighted by Crippen LogP contribution is -3.11. The van der Waals surface area contributed by atoms with Gasteiger partial charge in [-0.25, -0.2) is 8.42 Å². The molecule has 0 radical (unpaired) electrons. The number of hydrogen-bond donors (Lipinski definition) is 1. The highest BCUT2D eigenvalue weighted by Gasteiger charge is 2.37. The fourth-order valence-electron chi connectivity index (χ4n) is 2.51. The number of quaternary nitrogens is 1. The number of alkyl halides is 2. The molecule has 0 saturated carbocycles. The molecule has 1 N–H and O–H groups in total. The van der Waals surface area contributed by atoms with E-state index in [0.29, 0.717) is 10.8 Å². The zero-order valence-corrected chi connectivity index (χ0v) is 15.6. The normalized spacial score (nSPS) is 12.1. The smallest absolute Gasteiger partial charge is 0.338 e. The van der Waals surface area contributed by atoms with Crippen LogP contribution in [-0.4, -0.2) is 37.9 Å². The molecule has 2 rings (SSSR count). The molecule has 7 heteroatoms. The van der Waals surface area contributed by atoms with Gasteiger partial charge in [0, 0.05) is 0 Å². The van der Waals surface area contributed by atoms with Crippen LogP contribution in [0.1, 0.15) is 26.3 Å². The summed E-state index contributed by atoms with van der Waals surface area (Å²) in [5.74, 6) is 0. The van der Waals surface area contributed by atoms with Crippen molar-refractivity contribution in [2.75, 3.05) is 19.6 Å². The highest BCUT2D eigenvalue weighted by Crippen LogP contribution is 2.29. The molecule has 0 aliphatic heterocycles. The molecule has 25 heavy (non-hydrogen) atoms. The van der Waals surface area contributed by atoms with Gasteiger partial charge in [0.1, 0.15) is 0 Å². The minimum absolute atomic E-state index is 0.137. The van der Waals surface area contributed by atoms with Gasteiger partial charge in [-0.3, -0.25) is 0 Å². The van der Waals surface area contributed by atoms with E-state index in [0.717, 1.165) is 0 Å². The summed E-state index contributed by atoms with van der Waals surface area (Å²) in [6.45, 7) is 10.5. The Hall–Kier alpha value is -1.57. The number of benzene rings is 2. The predicted molar refractivity (Wildman–Crippen MR) is 94.9 cm³/mol. The molecule has 0 atom stereocenters. The molecular formula is C18H25F2NO3S. The lowest BCUT2D eigenvalue weighted by Gasteiger charge is -2.20. The Morgan fingerprint density at radius 2 is 1.48 bits per heavy atom. The van der Waals surface area contributed by atoms with Gasteiger partial charge in [0.25, 0.3) is 0 Å². The Morgan fingerprint density at radius 3 is 1.96 bits per heavy atom. The Morgan fingerprint density at radius 1 is 0.960 bits per heavy atom. The van der Waals surface area contributed by atoms with Gasteiger partial charge in [-0.2, -0.15) is 8.78 Å². The Balaban J connectivity index is 0.000000381. The summed E-state index contributed by atoms with van der Waals surface area (Å²) in [7, 11) is -5.65. The molecule has 140 valence electrons. The van der Waals surface area contributed by atoms with Crippen LogP contribution in [0.5, 0.6) is 0 Å². The third-order valence-corrected chi connectivity index (χ3v) is 5.02. The molecule has 0 heterocycles. The molecule has 0 spiro atoms. The maximum Gasteiger partial charge on any atom is 0.338 e. The van der Waals surface area contributed by atoms with Crippen molar-refractivity contribution in [3.05, 3.63) is 48.0 Å². The van der Waals surface area contributed by atoms with Crippen LogP contribution in [-0.2, 0) is 16.5 Å². The van der Waals surface area contributed by atoms with E-state index in [4.69, 9.17) is 0 Å². The summed E-state index contributed by atoms with van der Waals surface area (Å²) in [6, 6.07) is 11.4. The fraction of sp³-hybridized carbons (Fsp3) is 0.444. The fourth-order valence-corrected chi connectivity index (χ4v) is 2.84. The number of nitrogens with one attached hydrogen (secondary N) is 1. The van der Waals surface area contributed by atoms with Crippen molar-refractivity contribution in [1.82, 2.24) is 0 Å². The molecule has 0 fully saturated rings. The first kappa shape index (κ1) is 21.5. The van der Waals surface area contributed by atoms with Gasteiger partial charge in [-0.15, -0.1) is 0 Å². The maximum absolute atomic E-state index is 13.2. The quantitative estimate of drug-likeness (QED) is 0.791. The second kappa shape index (κ2) is 9.22. The van der Waals surface area contributed by atoms with Crippen LogP contribution in [0.15, 0.2) is 42.5 Å². The molecule has 0 amide bonds. The monoisotopic (exact) mass is 373 g/mol. The number of halogens is 2. The maximum atomic E-state index is 13.2. The van der Waals surface area contributed by atoms with E-state index >= 15 is 0 Å². The van der Waals surface area contributed by atoms with Gasteiger partial charge in [-0.1, -0.05) is 42.5 Å². The van der Waals surface area contributed by atoms with E-state index in [1.807, 2.05) is 0 Å². The first-order chi connectivity index (χ1) is 11.7. The number of fused-ring (bicyclic) bond motifs is 1. The molecule has 2 aromatic carbocycles. The van der Waals surface area contributed by atoms with Crippen LogP contribution in [0.2, 0.25) is 0 Å². The first-order valence-corrected chi connectivity index (χ1v) is 9.70. The molecule has 0 aliphatic carbocycles. The van der Waals surface area contributed by atoms with Crippen LogP contribution in [0.3, 0.4) is 0 Å². The Labute approximate surface area is 148 Å². The van der Waals surface area contributed by atoms with Crippen LogP contribution in [0.4, 0.5) is 8.78 Å². The molecular weight excluding hydrogens is 348 g/mol. The Bertz CT molecular complexity index is 764. The van der Waals surface area contributed by atoms with Crippen molar-refractivity contribution >= 4 is 20.9 Å². The van der Waals surface area contributed by atoms with Gasteiger partial charge in [0.05, 0.1) is 26.1 Å². The molecule has 0 aromatic heterocycles. The molecule has 0 unspecified atom stereocenters. The number of hydrogen-bond acceptors (Lipinski definition) is 3. The topological polar surface area (TPSA) is 61.6 Å². The standard InChI is InChI=1S/C12H10F2O3S.C6H15N/c13-12(14,18(15,16)17)8-10-6-3-5-9-4-1-2-7-11(9)10;1-4-7(5-2)6-3/h1-7H,8H2,(H,15,16,17);4-6H2,1-3H3. The SMILES string of the molecule is CC[NH+](CC)CC.O=S(=O)([O-])C(F)(F)Cc1cccc2ccccc12. The summed E-state index contributed by atoms with van der Waals surface area (Å²) in [5.41, 5.74) is 0.137. The van der Waals surface area contributed by atoms with Gasteiger partial charge in [0.2, 0.25) is 0 Å². The zero-order valence-electron chi connectivity index (χ0n) is 14.8. The minimum atomic E-state index is -5.65. The predicted octanol–water partition coefficient (Wildman–Crippen LogP) is 2.45. The molecule has 0 saturated heterocycles. The highest BCUT2D eigenvalue weighted by atomic mass is 32.2. The van der Waals surface area contributed by atoms with Crippen molar-refractivity contribution in [3.8, 4) is 0 Å². The largest absolute Gasteiger partial charge is 0.743 e. The van der Waals surface area contributed by atoms with Crippen molar-refractivity contribution < 1.29 is 26.7 Å². The van der Waals surface area contributed by atoms with E-state index in [2.05, 4.69) is 20.8 Å². The average Bonchev–Trinajstić information content (AvgIpc) is 2.56. The van der Waals surface area contributed by atoms with Crippen molar-refractivity contribution in [2.45, 2.75) is 32.4 Å². The van der Waals surface area contributed by atoms with Gasteiger partial charge in [0.15, 0.2) is 10.1 Å². The lowest BCUT2D eigenvalue weighted by molar-refractivity contribution is -0.894. The summed E-state index contributed by atoms with van der Waals surface area (Å²) in [4.78, 5) is 1.68. The van der Waals surface area contributed by atoms with Crippen LogP contribution in [0.25, 0.3) is 10.8 Å².